The Morgan fingerprint density at radius 1 is 1.11 bits per heavy atom. The fraction of sp³-hybridized carbons (Fsp3) is 0.333. The molecular formula is C24H27N7O4S. The Bertz CT molecular complexity index is 1510. The van der Waals surface area contributed by atoms with Gasteiger partial charge < -0.3 is 14.4 Å². The second kappa shape index (κ2) is 9.70. The van der Waals surface area contributed by atoms with Crippen LogP contribution in [0.1, 0.15) is 12.6 Å². The van der Waals surface area contributed by atoms with Crippen LogP contribution in [0.25, 0.3) is 22.0 Å². The fourth-order valence-electron chi connectivity index (χ4n) is 4.23. The average molecular weight is 510 g/mol. The van der Waals surface area contributed by atoms with E-state index in [1.165, 1.54) is 10.9 Å². The van der Waals surface area contributed by atoms with Crippen LogP contribution in [-0.2, 0) is 21.8 Å². The molecule has 0 bridgehead atoms. The third-order valence-corrected chi connectivity index (χ3v) is 7.36. The lowest BCUT2D eigenvalue weighted by Gasteiger charge is -2.28. The largest absolute Gasteiger partial charge is 0.476 e. The second-order valence-electron chi connectivity index (χ2n) is 8.40. The minimum Gasteiger partial charge on any atom is -0.476 e. The summed E-state index contributed by atoms with van der Waals surface area (Å²) in [7, 11) is -2.24. The number of nitrogens with one attached hydrogen (secondary N) is 1. The molecule has 1 aliphatic rings. The summed E-state index contributed by atoms with van der Waals surface area (Å²) in [5.74, 6) is 1.04. The van der Waals surface area contributed by atoms with Gasteiger partial charge in [0.2, 0.25) is 5.88 Å². The summed E-state index contributed by atoms with van der Waals surface area (Å²) in [6, 6.07) is 7.58. The van der Waals surface area contributed by atoms with E-state index in [1.54, 1.807) is 32.6 Å². The van der Waals surface area contributed by atoms with Gasteiger partial charge in [0, 0.05) is 43.5 Å². The maximum Gasteiger partial charge on any atom is 0.265 e. The lowest BCUT2D eigenvalue weighted by Crippen LogP contribution is -2.36. The van der Waals surface area contributed by atoms with E-state index in [0.29, 0.717) is 25.5 Å². The first-order valence-electron chi connectivity index (χ1n) is 11.6. The van der Waals surface area contributed by atoms with E-state index in [9.17, 15) is 8.42 Å². The van der Waals surface area contributed by atoms with Gasteiger partial charge in [0.05, 0.1) is 31.0 Å². The Balaban J connectivity index is 1.55. The van der Waals surface area contributed by atoms with Crippen LogP contribution < -0.4 is 14.4 Å². The number of sulfonamides is 1. The van der Waals surface area contributed by atoms with Crippen molar-refractivity contribution in [3.8, 4) is 17.0 Å². The van der Waals surface area contributed by atoms with Crippen molar-refractivity contribution in [2.75, 3.05) is 42.5 Å². The Hall–Kier alpha value is -3.77. The molecule has 0 aliphatic carbocycles. The SMILES string of the molecule is CCOc1ncc(-c2ccc3ncnc(N4CCOCC4)c3c2)cc1NS(=O)(=O)c1cn(C)nc1C. The molecule has 0 atom stereocenters. The molecule has 3 aromatic heterocycles. The van der Waals surface area contributed by atoms with Gasteiger partial charge in [-0.2, -0.15) is 5.10 Å². The molecule has 4 heterocycles. The first-order chi connectivity index (χ1) is 17.4. The molecule has 0 saturated carbocycles. The summed E-state index contributed by atoms with van der Waals surface area (Å²) in [5.41, 5.74) is 3.04. The molecule has 0 spiro atoms. The van der Waals surface area contributed by atoms with Gasteiger partial charge in [-0.3, -0.25) is 9.40 Å². The number of anilines is 2. The summed E-state index contributed by atoms with van der Waals surface area (Å²) in [6.07, 6.45) is 4.70. The average Bonchev–Trinajstić information content (AvgIpc) is 3.23. The number of hydrogen-bond donors (Lipinski definition) is 1. The molecule has 1 aromatic carbocycles. The van der Waals surface area contributed by atoms with E-state index in [2.05, 4.69) is 29.7 Å². The zero-order valence-corrected chi connectivity index (χ0v) is 21.1. The number of rotatable bonds is 7. The van der Waals surface area contributed by atoms with E-state index < -0.39 is 10.0 Å². The van der Waals surface area contributed by atoms with Gasteiger partial charge in [-0.1, -0.05) is 6.07 Å². The van der Waals surface area contributed by atoms with Gasteiger partial charge >= 0.3 is 0 Å². The zero-order chi connectivity index (χ0) is 25.3. The highest BCUT2D eigenvalue weighted by Crippen LogP contribution is 2.33. The fourth-order valence-corrected chi connectivity index (χ4v) is 5.49. The summed E-state index contributed by atoms with van der Waals surface area (Å²) in [4.78, 5) is 15.6. The highest BCUT2D eigenvalue weighted by molar-refractivity contribution is 7.92. The molecule has 0 unspecified atom stereocenters. The molecule has 5 rings (SSSR count). The van der Waals surface area contributed by atoms with Gasteiger partial charge in [-0.25, -0.2) is 23.4 Å². The molecular weight excluding hydrogens is 482 g/mol. The van der Waals surface area contributed by atoms with Crippen molar-refractivity contribution in [1.82, 2.24) is 24.7 Å². The van der Waals surface area contributed by atoms with Crippen LogP contribution in [-0.4, -0.2) is 66.1 Å². The molecule has 12 heteroatoms. The van der Waals surface area contributed by atoms with E-state index in [1.807, 2.05) is 25.1 Å². The van der Waals surface area contributed by atoms with Crippen LogP contribution in [0.2, 0.25) is 0 Å². The minimum atomic E-state index is -3.91. The van der Waals surface area contributed by atoms with Gasteiger partial charge in [-0.15, -0.1) is 0 Å². The quantitative estimate of drug-likeness (QED) is 0.400. The highest BCUT2D eigenvalue weighted by Gasteiger charge is 2.23. The first kappa shape index (κ1) is 23.9. The molecule has 188 valence electrons. The van der Waals surface area contributed by atoms with Crippen LogP contribution in [0.3, 0.4) is 0 Å². The summed E-state index contributed by atoms with van der Waals surface area (Å²) < 4.78 is 41.5. The Labute approximate surface area is 209 Å². The monoisotopic (exact) mass is 509 g/mol. The Kier molecular flexibility index (Phi) is 6.46. The smallest absolute Gasteiger partial charge is 0.265 e. The van der Waals surface area contributed by atoms with Crippen molar-refractivity contribution >= 4 is 32.4 Å². The topological polar surface area (TPSA) is 124 Å². The Morgan fingerprint density at radius 2 is 1.92 bits per heavy atom. The van der Waals surface area contributed by atoms with Crippen molar-refractivity contribution in [1.29, 1.82) is 0 Å². The molecule has 1 N–H and O–H groups in total. The van der Waals surface area contributed by atoms with Crippen molar-refractivity contribution in [3.05, 3.63) is 48.7 Å². The highest BCUT2D eigenvalue weighted by atomic mass is 32.2. The van der Waals surface area contributed by atoms with Crippen LogP contribution in [0, 0.1) is 6.92 Å². The third-order valence-electron chi connectivity index (χ3n) is 5.89. The van der Waals surface area contributed by atoms with Gasteiger partial charge in [-0.05, 0) is 37.6 Å². The van der Waals surface area contributed by atoms with Crippen molar-refractivity contribution in [3.63, 3.8) is 0 Å². The number of fused-ring (bicyclic) bond motifs is 1. The summed E-state index contributed by atoms with van der Waals surface area (Å²) in [6.45, 7) is 6.60. The number of ether oxygens (including phenoxy) is 2. The van der Waals surface area contributed by atoms with Crippen LogP contribution in [0.5, 0.6) is 5.88 Å². The van der Waals surface area contributed by atoms with Gasteiger partial charge in [0.1, 0.15) is 22.7 Å². The van der Waals surface area contributed by atoms with E-state index in [4.69, 9.17) is 9.47 Å². The Morgan fingerprint density at radius 3 is 2.64 bits per heavy atom. The van der Waals surface area contributed by atoms with Gasteiger partial charge in [0.25, 0.3) is 10.0 Å². The molecule has 1 aliphatic heterocycles. The van der Waals surface area contributed by atoms with E-state index >= 15 is 0 Å². The normalized spacial score (nSPS) is 14.2. The predicted molar refractivity (Wildman–Crippen MR) is 136 cm³/mol. The van der Waals surface area contributed by atoms with Crippen LogP contribution in [0.4, 0.5) is 11.5 Å². The molecule has 0 amide bonds. The zero-order valence-electron chi connectivity index (χ0n) is 20.3. The lowest BCUT2D eigenvalue weighted by molar-refractivity contribution is 0.122. The number of aryl methyl sites for hydroxylation is 2. The van der Waals surface area contributed by atoms with Gasteiger partial charge in [0.15, 0.2) is 0 Å². The third kappa shape index (κ3) is 4.69. The number of hydrogen-bond acceptors (Lipinski definition) is 9. The number of pyridine rings is 1. The van der Waals surface area contributed by atoms with Crippen molar-refractivity contribution < 1.29 is 17.9 Å². The molecule has 36 heavy (non-hydrogen) atoms. The molecule has 0 radical (unpaired) electrons. The maximum atomic E-state index is 13.2. The number of morpholine rings is 1. The minimum absolute atomic E-state index is 0.0934. The molecule has 1 fully saturated rings. The maximum absolute atomic E-state index is 13.2. The first-order valence-corrected chi connectivity index (χ1v) is 13.1. The second-order valence-corrected chi connectivity index (χ2v) is 10.0. The number of aromatic nitrogens is 5. The van der Waals surface area contributed by atoms with Crippen molar-refractivity contribution in [2.24, 2.45) is 7.05 Å². The predicted octanol–water partition coefficient (Wildman–Crippen LogP) is 2.77. The summed E-state index contributed by atoms with van der Waals surface area (Å²) in [5, 5.41) is 5.05. The number of benzene rings is 1. The van der Waals surface area contributed by atoms with Crippen LogP contribution in [0.15, 0.2) is 47.9 Å². The summed E-state index contributed by atoms with van der Waals surface area (Å²) >= 11 is 0. The lowest BCUT2D eigenvalue weighted by atomic mass is 10.0. The van der Waals surface area contributed by atoms with Crippen molar-refractivity contribution in [2.45, 2.75) is 18.7 Å². The van der Waals surface area contributed by atoms with Crippen LogP contribution >= 0.6 is 0 Å². The van der Waals surface area contributed by atoms with E-state index in [-0.39, 0.29) is 16.5 Å². The molecule has 4 aromatic rings. The number of nitrogens with zero attached hydrogens (tertiary/aromatic N) is 6. The van der Waals surface area contributed by atoms with E-state index in [0.717, 1.165) is 40.9 Å². The molecule has 11 nitrogen and oxygen atoms in total. The standard InChI is InChI=1S/C24H27N7O4S/c1-4-35-24-21(29-36(32,33)22-14-30(3)28-16(22)2)12-18(13-25-24)17-5-6-20-19(11-17)23(27-15-26-20)31-7-9-34-10-8-31/h5-6,11-15,29H,4,7-10H2,1-3H3. The molecule has 1 saturated heterocycles.